The third-order valence-corrected chi connectivity index (χ3v) is 5.19. The maximum atomic E-state index is 12.7. The van der Waals surface area contributed by atoms with Gasteiger partial charge in [0.25, 0.3) is 0 Å². The zero-order chi connectivity index (χ0) is 16.2. The van der Waals surface area contributed by atoms with Crippen LogP contribution in [0.4, 0.5) is 5.69 Å². The molecule has 0 saturated heterocycles. The topological polar surface area (TPSA) is 72.2 Å². The summed E-state index contributed by atoms with van der Waals surface area (Å²) >= 11 is 0. The minimum atomic E-state index is -3.53. The number of anilines is 1. The van der Waals surface area contributed by atoms with Gasteiger partial charge in [-0.2, -0.15) is 0 Å². The molecule has 1 rings (SSSR count). The molecule has 0 aliphatic heterocycles. The molecular weight excluding hydrogens is 284 g/mol. The lowest BCUT2D eigenvalue weighted by Crippen LogP contribution is -2.34. The quantitative estimate of drug-likeness (QED) is 0.760. The highest BCUT2D eigenvalue weighted by atomic mass is 32.2. The molecule has 0 fully saturated rings. The number of nitrogens with one attached hydrogen (secondary N) is 1. The first kappa shape index (κ1) is 18.0. The molecule has 21 heavy (non-hydrogen) atoms. The third-order valence-electron chi connectivity index (χ3n) is 3.54. The highest BCUT2D eigenvalue weighted by molar-refractivity contribution is 7.89. The number of aryl methyl sites for hydroxylation is 1. The lowest BCUT2D eigenvalue weighted by molar-refractivity contribution is 0.482. The van der Waals surface area contributed by atoms with E-state index in [1.54, 1.807) is 6.07 Å². The van der Waals surface area contributed by atoms with Crippen LogP contribution in [0, 0.1) is 5.92 Å². The van der Waals surface area contributed by atoms with Gasteiger partial charge in [-0.05, 0) is 55.4 Å². The minimum absolute atomic E-state index is 0.0915. The average molecular weight is 312 g/mol. The van der Waals surface area contributed by atoms with Gasteiger partial charge in [0.15, 0.2) is 0 Å². The number of hydrogen-bond acceptors (Lipinski definition) is 3. The predicted octanol–water partition coefficient (Wildman–Crippen LogP) is 3.11. The fraction of sp³-hybridized carbons (Fsp3) is 0.625. The Kier molecular flexibility index (Phi) is 6.23. The first-order valence-electron chi connectivity index (χ1n) is 7.64. The normalized spacial score (nSPS) is 13.6. The number of sulfonamides is 1. The van der Waals surface area contributed by atoms with Crippen LogP contribution in [0.25, 0.3) is 0 Å². The van der Waals surface area contributed by atoms with E-state index in [1.807, 2.05) is 26.8 Å². The van der Waals surface area contributed by atoms with E-state index < -0.39 is 10.0 Å². The molecule has 0 heterocycles. The Morgan fingerprint density at radius 2 is 1.76 bits per heavy atom. The Bertz CT molecular complexity index is 580. The molecule has 0 saturated carbocycles. The molecule has 0 amide bonds. The Hall–Kier alpha value is -1.07. The van der Waals surface area contributed by atoms with Crippen LogP contribution in [0.1, 0.15) is 52.2 Å². The van der Waals surface area contributed by atoms with Crippen LogP contribution in [0.5, 0.6) is 0 Å². The van der Waals surface area contributed by atoms with Gasteiger partial charge in [-0.1, -0.05) is 27.7 Å². The zero-order valence-corrected chi connectivity index (χ0v) is 14.5. The number of hydrogen-bond donors (Lipinski definition) is 2. The maximum absolute atomic E-state index is 12.7. The summed E-state index contributed by atoms with van der Waals surface area (Å²) in [5.74, 6) is 0.445. The highest BCUT2D eigenvalue weighted by Gasteiger charge is 2.22. The number of nitrogens with two attached hydrogens (primary N) is 1. The molecule has 1 aromatic rings. The van der Waals surface area contributed by atoms with E-state index in [0.29, 0.717) is 28.5 Å². The molecule has 0 aliphatic carbocycles. The number of benzene rings is 1. The highest BCUT2D eigenvalue weighted by Crippen LogP contribution is 2.25. The molecule has 0 radical (unpaired) electrons. The van der Waals surface area contributed by atoms with Crippen molar-refractivity contribution in [2.45, 2.75) is 64.8 Å². The monoisotopic (exact) mass is 312 g/mol. The summed E-state index contributed by atoms with van der Waals surface area (Å²) in [4.78, 5) is 0.331. The minimum Gasteiger partial charge on any atom is -0.398 e. The van der Waals surface area contributed by atoms with Crippen molar-refractivity contribution in [1.29, 1.82) is 0 Å². The molecule has 0 spiro atoms. The van der Waals surface area contributed by atoms with E-state index >= 15 is 0 Å². The van der Waals surface area contributed by atoms with E-state index in [1.165, 1.54) is 0 Å². The summed E-state index contributed by atoms with van der Waals surface area (Å²) in [7, 11) is -3.53. The van der Waals surface area contributed by atoms with Crippen molar-refractivity contribution in [2.24, 2.45) is 5.92 Å². The lowest BCUT2D eigenvalue weighted by Gasteiger charge is -2.19. The summed E-state index contributed by atoms with van der Waals surface area (Å²) in [6.07, 6.45) is 2.17. The van der Waals surface area contributed by atoms with Crippen molar-refractivity contribution in [3.05, 3.63) is 23.3 Å². The summed E-state index contributed by atoms with van der Waals surface area (Å²) in [5.41, 5.74) is 8.24. The van der Waals surface area contributed by atoms with Crippen molar-refractivity contribution in [3.8, 4) is 0 Å². The van der Waals surface area contributed by atoms with Crippen molar-refractivity contribution in [3.63, 3.8) is 0 Å². The van der Waals surface area contributed by atoms with Gasteiger partial charge in [0.2, 0.25) is 10.0 Å². The fourth-order valence-corrected chi connectivity index (χ4v) is 4.28. The molecule has 1 atom stereocenters. The summed E-state index contributed by atoms with van der Waals surface area (Å²) in [6.45, 7) is 9.98. The van der Waals surface area contributed by atoms with E-state index in [-0.39, 0.29) is 6.04 Å². The Labute approximate surface area is 129 Å². The van der Waals surface area contributed by atoms with Crippen LogP contribution >= 0.6 is 0 Å². The molecule has 3 N–H and O–H groups in total. The summed E-state index contributed by atoms with van der Waals surface area (Å²) in [6, 6.07) is 3.53. The SMILES string of the molecule is CCc1cc(N)c(CC)c(S(=O)(=O)NC(C)CC(C)C)c1. The number of rotatable bonds is 7. The van der Waals surface area contributed by atoms with Gasteiger partial charge < -0.3 is 5.73 Å². The third kappa shape index (κ3) is 4.71. The molecule has 1 aromatic carbocycles. The van der Waals surface area contributed by atoms with Crippen LogP contribution < -0.4 is 10.5 Å². The van der Waals surface area contributed by atoms with Crippen molar-refractivity contribution < 1.29 is 8.42 Å². The first-order valence-corrected chi connectivity index (χ1v) is 9.13. The van der Waals surface area contributed by atoms with Crippen LogP contribution in [0.2, 0.25) is 0 Å². The molecule has 120 valence electrons. The summed E-state index contributed by atoms with van der Waals surface area (Å²) in [5, 5.41) is 0. The zero-order valence-electron chi connectivity index (χ0n) is 13.7. The maximum Gasteiger partial charge on any atom is 0.241 e. The number of nitrogen functional groups attached to an aromatic ring is 1. The molecule has 4 nitrogen and oxygen atoms in total. The van der Waals surface area contributed by atoms with Crippen molar-refractivity contribution in [2.75, 3.05) is 5.73 Å². The van der Waals surface area contributed by atoms with E-state index in [4.69, 9.17) is 5.73 Å². The molecule has 0 aliphatic rings. The van der Waals surface area contributed by atoms with Crippen LogP contribution in [-0.2, 0) is 22.9 Å². The van der Waals surface area contributed by atoms with Gasteiger partial charge in [0, 0.05) is 11.7 Å². The average Bonchev–Trinajstić information content (AvgIpc) is 2.35. The van der Waals surface area contributed by atoms with Crippen molar-refractivity contribution in [1.82, 2.24) is 4.72 Å². The van der Waals surface area contributed by atoms with Crippen molar-refractivity contribution >= 4 is 15.7 Å². The summed E-state index contributed by atoms with van der Waals surface area (Å²) < 4.78 is 28.1. The van der Waals surface area contributed by atoms with Gasteiger partial charge >= 0.3 is 0 Å². The predicted molar refractivity (Wildman–Crippen MR) is 88.8 cm³/mol. The van der Waals surface area contributed by atoms with E-state index in [9.17, 15) is 8.42 Å². The van der Waals surface area contributed by atoms with Crippen LogP contribution in [0.3, 0.4) is 0 Å². The molecule has 0 bridgehead atoms. The molecule has 5 heteroatoms. The Morgan fingerprint density at radius 1 is 1.14 bits per heavy atom. The van der Waals surface area contributed by atoms with E-state index in [2.05, 4.69) is 18.6 Å². The fourth-order valence-electron chi connectivity index (χ4n) is 2.63. The van der Waals surface area contributed by atoms with Crippen LogP contribution in [-0.4, -0.2) is 14.5 Å². The second kappa shape index (κ2) is 7.27. The van der Waals surface area contributed by atoms with Gasteiger partial charge in [0.05, 0.1) is 4.90 Å². The van der Waals surface area contributed by atoms with Gasteiger partial charge in [-0.3, -0.25) is 0 Å². The van der Waals surface area contributed by atoms with Crippen LogP contribution in [0.15, 0.2) is 17.0 Å². The Morgan fingerprint density at radius 3 is 2.24 bits per heavy atom. The lowest BCUT2D eigenvalue weighted by atomic mass is 10.1. The molecular formula is C16H28N2O2S. The second-order valence-corrected chi connectivity index (χ2v) is 7.70. The smallest absolute Gasteiger partial charge is 0.241 e. The molecule has 1 unspecified atom stereocenters. The van der Waals surface area contributed by atoms with E-state index in [0.717, 1.165) is 18.4 Å². The molecule has 0 aromatic heterocycles. The Balaban J connectivity index is 3.20. The van der Waals surface area contributed by atoms with Gasteiger partial charge in [0.1, 0.15) is 0 Å². The second-order valence-electron chi connectivity index (χ2n) is 6.02. The standard InChI is InChI=1S/C16H28N2O2S/c1-6-13-9-15(17)14(7-2)16(10-13)21(19,20)18-12(5)8-11(3)4/h9-12,18H,6-8,17H2,1-5H3. The first-order chi connectivity index (χ1) is 9.71. The van der Waals surface area contributed by atoms with Gasteiger partial charge in [-0.25, -0.2) is 13.1 Å². The van der Waals surface area contributed by atoms with Gasteiger partial charge in [-0.15, -0.1) is 0 Å². The largest absolute Gasteiger partial charge is 0.398 e.